The summed E-state index contributed by atoms with van der Waals surface area (Å²) in [6.45, 7) is 2.24. The maximum absolute atomic E-state index is 5.68. The molecule has 0 aromatic heterocycles. The first-order valence-corrected chi connectivity index (χ1v) is 8.18. The largest absolute Gasteiger partial charge is 0.271 e. The van der Waals surface area contributed by atoms with Gasteiger partial charge in [-0.3, -0.25) is 11.3 Å². The van der Waals surface area contributed by atoms with Gasteiger partial charge < -0.3 is 0 Å². The molecule has 0 aliphatic carbocycles. The van der Waals surface area contributed by atoms with E-state index in [1.165, 1.54) is 37.7 Å². The Kier molecular flexibility index (Phi) is 8.15. The van der Waals surface area contributed by atoms with Crippen LogP contribution in [0.5, 0.6) is 0 Å². The van der Waals surface area contributed by atoms with Gasteiger partial charge in [0, 0.05) is 15.0 Å². The topological polar surface area (TPSA) is 38.0 Å². The molecular formula is C14H22Br2N2. The molecule has 102 valence electrons. The summed E-state index contributed by atoms with van der Waals surface area (Å²) in [4.78, 5) is 0. The van der Waals surface area contributed by atoms with Crippen molar-refractivity contribution in [2.24, 2.45) is 5.84 Å². The lowest BCUT2D eigenvalue weighted by molar-refractivity contribution is 0.477. The second-order valence-electron chi connectivity index (χ2n) is 4.59. The Bertz CT molecular complexity index is 356. The third-order valence-electron chi connectivity index (χ3n) is 3.13. The first kappa shape index (κ1) is 16.2. The molecule has 0 saturated carbocycles. The van der Waals surface area contributed by atoms with Gasteiger partial charge in [0.2, 0.25) is 0 Å². The van der Waals surface area contributed by atoms with Crippen LogP contribution in [0.25, 0.3) is 0 Å². The predicted octanol–water partition coefficient (Wildman–Crippen LogP) is 5.08. The minimum absolute atomic E-state index is 0.221. The highest BCUT2D eigenvalue weighted by molar-refractivity contribution is 9.11. The van der Waals surface area contributed by atoms with E-state index in [4.69, 9.17) is 5.84 Å². The monoisotopic (exact) mass is 376 g/mol. The lowest BCUT2D eigenvalue weighted by atomic mass is 10.0. The molecule has 0 saturated heterocycles. The molecule has 0 bridgehead atoms. The van der Waals surface area contributed by atoms with Crippen LogP contribution in [0.2, 0.25) is 0 Å². The van der Waals surface area contributed by atoms with E-state index in [2.05, 4.69) is 56.3 Å². The molecule has 0 aliphatic rings. The SMILES string of the molecule is CCCCCCCC(NN)c1cc(Br)ccc1Br. The number of rotatable bonds is 8. The first-order chi connectivity index (χ1) is 8.69. The molecule has 18 heavy (non-hydrogen) atoms. The van der Waals surface area contributed by atoms with Gasteiger partial charge in [0.05, 0.1) is 0 Å². The molecule has 0 fully saturated rings. The van der Waals surface area contributed by atoms with Crippen molar-refractivity contribution in [1.82, 2.24) is 5.43 Å². The molecular weight excluding hydrogens is 356 g/mol. The summed E-state index contributed by atoms with van der Waals surface area (Å²) < 4.78 is 2.20. The van der Waals surface area contributed by atoms with Crippen molar-refractivity contribution in [1.29, 1.82) is 0 Å². The number of unbranched alkanes of at least 4 members (excludes halogenated alkanes) is 4. The number of nitrogens with two attached hydrogens (primary N) is 1. The van der Waals surface area contributed by atoms with E-state index in [0.29, 0.717) is 0 Å². The van der Waals surface area contributed by atoms with Gasteiger partial charge >= 0.3 is 0 Å². The number of halogens is 2. The molecule has 0 spiro atoms. The maximum atomic E-state index is 5.68. The lowest BCUT2D eigenvalue weighted by Gasteiger charge is -2.18. The van der Waals surface area contributed by atoms with Gasteiger partial charge in [-0.15, -0.1) is 0 Å². The fraction of sp³-hybridized carbons (Fsp3) is 0.571. The fourth-order valence-corrected chi connectivity index (χ4v) is 2.96. The number of nitrogens with one attached hydrogen (secondary N) is 1. The van der Waals surface area contributed by atoms with Crippen LogP contribution >= 0.6 is 31.9 Å². The molecule has 3 N–H and O–H groups in total. The predicted molar refractivity (Wildman–Crippen MR) is 85.3 cm³/mol. The molecule has 4 heteroatoms. The summed E-state index contributed by atoms with van der Waals surface area (Å²) in [6, 6.07) is 6.43. The fourth-order valence-electron chi connectivity index (χ4n) is 2.06. The first-order valence-electron chi connectivity index (χ1n) is 6.60. The van der Waals surface area contributed by atoms with Gasteiger partial charge in [-0.05, 0) is 30.2 Å². The quantitative estimate of drug-likeness (QED) is 0.376. The van der Waals surface area contributed by atoms with Crippen molar-refractivity contribution in [3.8, 4) is 0 Å². The van der Waals surface area contributed by atoms with Gasteiger partial charge in [-0.1, -0.05) is 70.9 Å². The second-order valence-corrected chi connectivity index (χ2v) is 6.36. The highest BCUT2D eigenvalue weighted by atomic mass is 79.9. The van der Waals surface area contributed by atoms with Crippen molar-refractivity contribution < 1.29 is 0 Å². The summed E-state index contributed by atoms with van der Waals surface area (Å²) in [5, 5.41) is 0. The number of hydrogen-bond donors (Lipinski definition) is 2. The van der Waals surface area contributed by atoms with E-state index >= 15 is 0 Å². The molecule has 0 radical (unpaired) electrons. The molecule has 2 nitrogen and oxygen atoms in total. The number of hydrazine groups is 1. The summed E-state index contributed by atoms with van der Waals surface area (Å²) >= 11 is 7.10. The number of hydrogen-bond acceptors (Lipinski definition) is 2. The van der Waals surface area contributed by atoms with E-state index < -0.39 is 0 Å². The zero-order valence-electron chi connectivity index (χ0n) is 10.9. The molecule has 0 aliphatic heterocycles. The Morgan fingerprint density at radius 2 is 1.89 bits per heavy atom. The van der Waals surface area contributed by atoms with E-state index in [-0.39, 0.29) is 6.04 Å². The van der Waals surface area contributed by atoms with Crippen molar-refractivity contribution in [3.05, 3.63) is 32.7 Å². The Balaban J connectivity index is 2.52. The van der Waals surface area contributed by atoms with Crippen LogP contribution in [0, 0.1) is 0 Å². The smallest absolute Gasteiger partial charge is 0.0471 e. The van der Waals surface area contributed by atoms with Crippen LogP contribution in [0.3, 0.4) is 0 Å². The van der Waals surface area contributed by atoms with Crippen molar-refractivity contribution in [2.75, 3.05) is 0 Å². The molecule has 0 amide bonds. The van der Waals surface area contributed by atoms with Crippen molar-refractivity contribution in [3.63, 3.8) is 0 Å². The summed E-state index contributed by atoms with van der Waals surface area (Å²) in [6.07, 6.45) is 7.53. The normalized spacial score (nSPS) is 12.7. The molecule has 0 heterocycles. The lowest BCUT2D eigenvalue weighted by Crippen LogP contribution is -2.28. The van der Waals surface area contributed by atoms with Gasteiger partial charge in [0.25, 0.3) is 0 Å². The third kappa shape index (κ3) is 5.39. The van der Waals surface area contributed by atoms with Crippen LogP contribution in [-0.4, -0.2) is 0 Å². The molecule has 1 rings (SSSR count). The minimum Gasteiger partial charge on any atom is -0.271 e. The maximum Gasteiger partial charge on any atom is 0.0471 e. The average molecular weight is 378 g/mol. The van der Waals surface area contributed by atoms with Crippen LogP contribution in [0.15, 0.2) is 27.1 Å². The van der Waals surface area contributed by atoms with Gasteiger partial charge in [-0.25, -0.2) is 0 Å². The highest BCUT2D eigenvalue weighted by Gasteiger charge is 2.13. The van der Waals surface area contributed by atoms with E-state index in [1.807, 2.05) is 6.07 Å². The Morgan fingerprint density at radius 3 is 2.56 bits per heavy atom. The third-order valence-corrected chi connectivity index (χ3v) is 4.35. The van der Waals surface area contributed by atoms with E-state index in [9.17, 15) is 0 Å². The summed E-state index contributed by atoms with van der Waals surface area (Å²) in [7, 11) is 0. The molecule has 1 atom stereocenters. The van der Waals surface area contributed by atoms with Crippen molar-refractivity contribution in [2.45, 2.75) is 51.5 Å². The molecule has 1 aromatic rings. The number of benzene rings is 1. The van der Waals surface area contributed by atoms with E-state index in [0.717, 1.165) is 15.4 Å². The van der Waals surface area contributed by atoms with Gasteiger partial charge in [0.15, 0.2) is 0 Å². The molecule has 1 aromatic carbocycles. The van der Waals surface area contributed by atoms with Crippen LogP contribution in [-0.2, 0) is 0 Å². The average Bonchev–Trinajstić information content (AvgIpc) is 2.37. The Hall–Kier alpha value is 0.1000. The summed E-state index contributed by atoms with van der Waals surface area (Å²) in [5.74, 6) is 5.68. The van der Waals surface area contributed by atoms with Gasteiger partial charge in [-0.2, -0.15) is 0 Å². The van der Waals surface area contributed by atoms with E-state index in [1.54, 1.807) is 0 Å². The summed E-state index contributed by atoms with van der Waals surface area (Å²) in [5.41, 5.74) is 4.15. The van der Waals surface area contributed by atoms with Crippen molar-refractivity contribution >= 4 is 31.9 Å². The molecule has 1 unspecified atom stereocenters. The van der Waals surface area contributed by atoms with Gasteiger partial charge in [0.1, 0.15) is 0 Å². The minimum atomic E-state index is 0.221. The standard InChI is InChI=1S/C14H22Br2N2/c1-2-3-4-5-6-7-14(18-17)12-10-11(15)8-9-13(12)16/h8-10,14,18H,2-7,17H2,1H3. The highest BCUT2D eigenvalue weighted by Crippen LogP contribution is 2.29. The van der Waals surface area contributed by atoms with Crippen LogP contribution in [0.4, 0.5) is 0 Å². The van der Waals surface area contributed by atoms with Crippen LogP contribution < -0.4 is 11.3 Å². The zero-order chi connectivity index (χ0) is 13.4. The Morgan fingerprint density at radius 1 is 1.17 bits per heavy atom. The Labute approximate surface area is 127 Å². The zero-order valence-corrected chi connectivity index (χ0v) is 14.1. The van der Waals surface area contributed by atoms with Crippen LogP contribution in [0.1, 0.15) is 57.1 Å². The second kappa shape index (κ2) is 9.08.